The van der Waals surface area contributed by atoms with Crippen LogP contribution >= 0.6 is 0 Å². The van der Waals surface area contributed by atoms with Crippen molar-refractivity contribution in [1.82, 2.24) is 10.2 Å². The van der Waals surface area contributed by atoms with Crippen molar-refractivity contribution in [2.24, 2.45) is 0 Å². The Bertz CT molecular complexity index is 230. The molecule has 1 fully saturated rings. The van der Waals surface area contributed by atoms with Crippen molar-refractivity contribution >= 4 is 0 Å². The Hall–Kier alpha value is -0.160. The fourth-order valence-corrected chi connectivity index (χ4v) is 3.17. The first-order valence-corrected chi connectivity index (χ1v) is 7.64. The smallest absolute Gasteiger partial charge is 0.0615 e. The van der Waals surface area contributed by atoms with Gasteiger partial charge < -0.3 is 14.8 Å². The first-order valence-electron chi connectivity index (χ1n) is 7.64. The highest BCUT2D eigenvalue weighted by Gasteiger charge is 2.35. The zero-order valence-electron chi connectivity index (χ0n) is 13.2. The molecule has 0 bridgehead atoms. The highest BCUT2D eigenvalue weighted by molar-refractivity contribution is 4.96. The van der Waals surface area contributed by atoms with Gasteiger partial charge in [0.2, 0.25) is 0 Å². The minimum atomic E-state index is 0.310. The van der Waals surface area contributed by atoms with Crippen LogP contribution in [-0.2, 0) is 9.47 Å². The molecule has 2 atom stereocenters. The monoisotopic (exact) mass is 272 g/mol. The van der Waals surface area contributed by atoms with E-state index in [0.717, 1.165) is 32.8 Å². The van der Waals surface area contributed by atoms with Crippen molar-refractivity contribution in [2.45, 2.75) is 51.1 Å². The fraction of sp³-hybridized carbons (Fsp3) is 1.00. The molecule has 1 rings (SSSR count). The van der Waals surface area contributed by atoms with Crippen LogP contribution in [0.1, 0.15) is 39.5 Å². The molecule has 0 aromatic heterocycles. The summed E-state index contributed by atoms with van der Waals surface area (Å²) in [6, 6.07) is 0.441. The van der Waals surface area contributed by atoms with E-state index in [2.05, 4.69) is 24.1 Å². The topological polar surface area (TPSA) is 33.7 Å². The van der Waals surface area contributed by atoms with Gasteiger partial charge in [0.05, 0.1) is 13.2 Å². The van der Waals surface area contributed by atoms with Crippen LogP contribution in [0.4, 0.5) is 0 Å². The molecule has 114 valence electrons. The van der Waals surface area contributed by atoms with E-state index in [1.165, 1.54) is 25.7 Å². The van der Waals surface area contributed by atoms with Crippen LogP contribution in [0.15, 0.2) is 0 Å². The summed E-state index contributed by atoms with van der Waals surface area (Å²) in [5, 5.41) is 3.75. The molecule has 0 radical (unpaired) electrons. The molecule has 4 nitrogen and oxygen atoms in total. The summed E-state index contributed by atoms with van der Waals surface area (Å²) >= 11 is 0. The van der Waals surface area contributed by atoms with Gasteiger partial charge in [-0.05, 0) is 32.7 Å². The summed E-state index contributed by atoms with van der Waals surface area (Å²) in [6.45, 7) is 9.34. The molecule has 1 aliphatic heterocycles. The number of hydrogen-bond donors (Lipinski definition) is 1. The molecule has 0 amide bonds. The Morgan fingerprint density at radius 3 is 2.63 bits per heavy atom. The Morgan fingerprint density at radius 1 is 1.32 bits per heavy atom. The molecule has 0 saturated carbocycles. The van der Waals surface area contributed by atoms with Crippen LogP contribution in [0, 0.1) is 0 Å². The van der Waals surface area contributed by atoms with Crippen molar-refractivity contribution in [2.75, 3.05) is 47.1 Å². The summed E-state index contributed by atoms with van der Waals surface area (Å²) in [5.41, 5.74) is 0.310. The number of methoxy groups -OCH3 is 2. The lowest BCUT2D eigenvalue weighted by Crippen LogP contribution is -2.53. The molecule has 4 heteroatoms. The van der Waals surface area contributed by atoms with Crippen molar-refractivity contribution < 1.29 is 9.47 Å². The zero-order valence-corrected chi connectivity index (χ0v) is 13.2. The molecule has 1 aliphatic rings. The summed E-state index contributed by atoms with van der Waals surface area (Å²) in [6.07, 6.45) is 5.10. The Kier molecular flexibility index (Phi) is 7.91. The lowest BCUT2D eigenvalue weighted by molar-refractivity contribution is 0.0551. The molecule has 0 aromatic carbocycles. The number of ether oxygens (including phenoxy) is 2. The van der Waals surface area contributed by atoms with Crippen LogP contribution in [0.5, 0.6) is 0 Å². The summed E-state index contributed by atoms with van der Waals surface area (Å²) in [7, 11) is 3.55. The standard InChI is InChI=1S/C15H32N2O2/c1-5-7-15(8-6-9-16-15)13-17(10-11-18-3)14(2)12-19-4/h14,16H,5-13H2,1-4H3. The maximum absolute atomic E-state index is 5.32. The molecule has 1 N–H and O–H groups in total. The van der Waals surface area contributed by atoms with Crippen LogP contribution in [0.2, 0.25) is 0 Å². The molecule has 1 saturated heterocycles. The minimum absolute atomic E-state index is 0.310. The van der Waals surface area contributed by atoms with Crippen LogP contribution < -0.4 is 5.32 Å². The van der Waals surface area contributed by atoms with Crippen molar-refractivity contribution in [3.05, 3.63) is 0 Å². The summed E-state index contributed by atoms with van der Waals surface area (Å²) < 4.78 is 10.6. The van der Waals surface area contributed by atoms with E-state index in [1.807, 2.05) is 0 Å². The molecule has 1 heterocycles. The maximum Gasteiger partial charge on any atom is 0.0615 e. The van der Waals surface area contributed by atoms with Gasteiger partial charge in [-0.1, -0.05) is 13.3 Å². The van der Waals surface area contributed by atoms with E-state index in [0.29, 0.717) is 11.6 Å². The average molecular weight is 272 g/mol. The third-order valence-corrected chi connectivity index (χ3v) is 4.18. The third kappa shape index (κ3) is 5.38. The fourth-order valence-electron chi connectivity index (χ4n) is 3.17. The normalized spacial score (nSPS) is 25.1. The quantitative estimate of drug-likeness (QED) is 0.658. The zero-order chi connectivity index (χ0) is 14.1. The van der Waals surface area contributed by atoms with Gasteiger partial charge in [0, 0.05) is 38.9 Å². The largest absolute Gasteiger partial charge is 0.383 e. The van der Waals surface area contributed by atoms with Gasteiger partial charge in [-0.2, -0.15) is 0 Å². The van der Waals surface area contributed by atoms with Crippen molar-refractivity contribution in [3.63, 3.8) is 0 Å². The lowest BCUT2D eigenvalue weighted by Gasteiger charge is -2.38. The Morgan fingerprint density at radius 2 is 2.11 bits per heavy atom. The highest BCUT2D eigenvalue weighted by Crippen LogP contribution is 2.26. The number of nitrogens with zero attached hydrogens (tertiary/aromatic N) is 1. The molecule has 2 unspecified atom stereocenters. The Balaban J connectivity index is 2.62. The van der Waals surface area contributed by atoms with E-state index < -0.39 is 0 Å². The SMILES string of the molecule is CCCC1(CN(CCOC)C(C)COC)CCCN1. The van der Waals surface area contributed by atoms with Gasteiger partial charge >= 0.3 is 0 Å². The Labute approximate surface area is 118 Å². The van der Waals surface area contributed by atoms with Crippen LogP contribution in [0.3, 0.4) is 0 Å². The van der Waals surface area contributed by atoms with E-state index in [4.69, 9.17) is 9.47 Å². The van der Waals surface area contributed by atoms with Crippen LogP contribution in [0.25, 0.3) is 0 Å². The van der Waals surface area contributed by atoms with Crippen LogP contribution in [-0.4, -0.2) is 63.5 Å². The lowest BCUT2D eigenvalue weighted by atomic mass is 9.90. The number of hydrogen-bond acceptors (Lipinski definition) is 4. The van der Waals surface area contributed by atoms with Crippen molar-refractivity contribution in [3.8, 4) is 0 Å². The maximum atomic E-state index is 5.32. The van der Waals surface area contributed by atoms with Gasteiger partial charge in [-0.3, -0.25) is 4.90 Å². The predicted octanol–water partition coefficient (Wildman–Crippen LogP) is 1.89. The van der Waals surface area contributed by atoms with Gasteiger partial charge in [0.1, 0.15) is 0 Å². The molecular formula is C15H32N2O2. The van der Waals surface area contributed by atoms with Gasteiger partial charge in [-0.15, -0.1) is 0 Å². The van der Waals surface area contributed by atoms with Crippen molar-refractivity contribution in [1.29, 1.82) is 0 Å². The van der Waals surface area contributed by atoms with E-state index >= 15 is 0 Å². The molecule has 19 heavy (non-hydrogen) atoms. The third-order valence-electron chi connectivity index (χ3n) is 4.18. The molecular weight excluding hydrogens is 240 g/mol. The van der Waals surface area contributed by atoms with E-state index in [9.17, 15) is 0 Å². The second-order valence-corrected chi connectivity index (χ2v) is 5.83. The second kappa shape index (κ2) is 8.90. The second-order valence-electron chi connectivity index (χ2n) is 5.83. The average Bonchev–Trinajstić information content (AvgIpc) is 2.84. The summed E-state index contributed by atoms with van der Waals surface area (Å²) in [5.74, 6) is 0. The molecule has 0 spiro atoms. The first kappa shape index (κ1) is 16.9. The summed E-state index contributed by atoms with van der Waals surface area (Å²) in [4.78, 5) is 2.51. The molecule has 0 aromatic rings. The number of rotatable bonds is 10. The molecule has 0 aliphatic carbocycles. The van der Waals surface area contributed by atoms with Gasteiger partial charge in [0.15, 0.2) is 0 Å². The number of nitrogens with one attached hydrogen (secondary N) is 1. The van der Waals surface area contributed by atoms with Gasteiger partial charge in [-0.25, -0.2) is 0 Å². The van der Waals surface area contributed by atoms with E-state index in [1.54, 1.807) is 14.2 Å². The van der Waals surface area contributed by atoms with Gasteiger partial charge in [0.25, 0.3) is 0 Å². The first-order chi connectivity index (χ1) is 9.17. The van der Waals surface area contributed by atoms with E-state index in [-0.39, 0.29) is 0 Å². The minimum Gasteiger partial charge on any atom is -0.383 e. The highest BCUT2D eigenvalue weighted by atomic mass is 16.5. The predicted molar refractivity (Wildman–Crippen MR) is 79.7 cm³/mol.